The lowest BCUT2D eigenvalue weighted by Gasteiger charge is -2.15. The maximum atomic E-state index is 6.11. The average Bonchev–Trinajstić information content (AvgIpc) is 2.78. The Morgan fingerprint density at radius 3 is 2.79 bits per heavy atom. The molecule has 0 aliphatic heterocycles. The van der Waals surface area contributed by atoms with Crippen molar-refractivity contribution in [2.45, 2.75) is 25.9 Å². The maximum Gasteiger partial charge on any atom is 0.0606 e. The summed E-state index contributed by atoms with van der Waals surface area (Å²) in [5.74, 6) is 0. The molecular weight excluding hydrogens is 326 g/mol. The van der Waals surface area contributed by atoms with Crippen LogP contribution in [0.1, 0.15) is 30.5 Å². The smallest absolute Gasteiger partial charge is 0.0606 e. The van der Waals surface area contributed by atoms with Crippen LogP contribution in [0, 0.1) is 0 Å². The third kappa shape index (κ3) is 3.59. The van der Waals surface area contributed by atoms with Gasteiger partial charge in [-0.15, -0.1) is 0 Å². The van der Waals surface area contributed by atoms with Gasteiger partial charge in [0.15, 0.2) is 0 Å². The number of benzene rings is 1. The van der Waals surface area contributed by atoms with E-state index < -0.39 is 0 Å². The number of aromatic nitrogens is 2. The lowest BCUT2D eigenvalue weighted by molar-refractivity contribution is 0.600. The zero-order chi connectivity index (χ0) is 13.8. The number of nitrogens with one attached hydrogen (secondary N) is 1. The van der Waals surface area contributed by atoms with Gasteiger partial charge in [-0.05, 0) is 37.2 Å². The number of rotatable bonds is 5. The van der Waals surface area contributed by atoms with Gasteiger partial charge in [-0.1, -0.05) is 34.5 Å². The van der Waals surface area contributed by atoms with Crippen molar-refractivity contribution in [3.63, 3.8) is 0 Å². The Morgan fingerprint density at radius 1 is 1.37 bits per heavy atom. The van der Waals surface area contributed by atoms with Crippen LogP contribution in [0.2, 0.25) is 5.02 Å². The summed E-state index contributed by atoms with van der Waals surface area (Å²) in [5, 5.41) is 8.42. The molecule has 102 valence electrons. The van der Waals surface area contributed by atoms with Crippen LogP contribution in [-0.2, 0) is 6.54 Å². The van der Waals surface area contributed by atoms with Crippen molar-refractivity contribution in [1.29, 1.82) is 0 Å². The molecule has 0 saturated heterocycles. The minimum atomic E-state index is 0.0978. The highest BCUT2D eigenvalue weighted by Crippen LogP contribution is 2.27. The summed E-state index contributed by atoms with van der Waals surface area (Å²) in [6, 6.07) is 6.04. The summed E-state index contributed by atoms with van der Waals surface area (Å²) in [7, 11) is 1.94. The molecule has 2 aromatic rings. The van der Waals surface area contributed by atoms with Crippen LogP contribution in [-0.4, -0.2) is 16.8 Å². The standard InChI is InChI=1S/C14H17BrClN3/c1-3-4-19-9-11(8-18-19)14(17-2)10-5-12(15)7-13(16)6-10/h5-9,14,17H,3-4H2,1-2H3. The zero-order valence-electron chi connectivity index (χ0n) is 11.0. The quantitative estimate of drug-likeness (QED) is 0.889. The van der Waals surface area contributed by atoms with Crippen LogP contribution in [0.25, 0.3) is 0 Å². The second kappa shape index (κ2) is 6.55. The Balaban J connectivity index is 2.32. The highest BCUT2D eigenvalue weighted by Gasteiger charge is 2.15. The average molecular weight is 343 g/mol. The van der Waals surface area contributed by atoms with Crippen LogP contribution >= 0.6 is 27.5 Å². The molecule has 5 heteroatoms. The Bertz CT molecular complexity index is 533. The summed E-state index contributed by atoms with van der Waals surface area (Å²) in [4.78, 5) is 0. The van der Waals surface area contributed by atoms with Gasteiger partial charge < -0.3 is 5.32 Å². The third-order valence-electron chi connectivity index (χ3n) is 2.95. The first-order valence-corrected chi connectivity index (χ1v) is 7.46. The van der Waals surface area contributed by atoms with Crippen LogP contribution in [0.3, 0.4) is 0 Å². The van der Waals surface area contributed by atoms with E-state index in [-0.39, 0.29) is 6.04 Å². The predicted molar refractivity (Wildman–Crippen MR) is 82.6 cm³/mol. The topological polar surface area (TPSA) is 29.9 Å². The normalized spacial score (nSPS) is 12.6. The van der Waals surface area contributed by atoms with Crippen molar-refractivity contribution < 1.29 is 0 Å². The minimum absolute atomic E-state index is 0.0978. The van der Waals surface area contributed by atoms with Gasteiger partial charge in [-0.25, -0.2) is 0 Å². The molecule has 0 amide bonds. The molecule has 3 nitrogen and oxygen atoms in total. The van der Waals surface area contributed by atoms with Crippen LogP contribution < -0.4 is 5.32 Å². The van der Waals surface area contributed by atoms with E-state index in [2.05, 4.69) is 45.5 Å². The van der Waals surface area contributed by atoms with Crippen molar-refractivity contribution in [1.82, 2.24) is 15.1 Å². The molecule has 2 rings (SSSR count). The zero-order valence-corrected chi connectivity index (χ0v) is 13.4. The maximum absolute atomic E-state index is 6.11. The van der Waals surface area contributed by atoms with Gasteiger partial charge in [-0.3, -0.25) is 4.68 Å². The fraction of sp³-hybridized carbons (Fsp3) is 0.357. The fourth-order valence-corrected chi connectivity index (χ4v) is 3.03. The van der Waals surface area contributed by atoms with Crippen LogP contribution in [0.5, 0.6) is 0 Å². The number of nitrogens with zero attached hydrogens (tertiary/aromatic N) is 2. The van der Waals surface area contributed by atoms with E-state index in [1.807, 2.05) is 30.1 Å². The fourth-order valence-electron chi connectivity index (χ4n) is 2.15. The molecule has 0 spiro atoms. The van der Waals surface area contributed by atoms with Crippen molar-refractivity contribution in [2.24, 2.45) is 0 Å². The van der Waals surface area contributed by atoms with E-state index in [9.17, 15) is 0 Å². The van der Waals surface area contributed by atoms with E-state index in [1.54, 1.807) is 0 Å². The van der Waals surface area contributed by atoms with Gasteiger partial charge in [0.2, 0.25) is 0 Å². The summed E-state index contributed by atoms with van der Waals surface area (Å²) in [6.07, 6.45) is 5.07. The summed E-state index contributed by atoms with van der Waals surface area (Å²) < 4.78 is 2.95. The Labute approximate surface area is 127 Å². The van der Waals surface area contributed by atoms with Crippen molar-refractivity contribution in [3.8, 4) is 0 Å². The highest BCUT2D eigenvalue weighted by molar-refractivity contribution is 9.10. The molecule has 1 heterocycles. The van der Waals surface area contributed by atoms with Crippen molar-refractivity contribution >= 4 is 27.5 Å². The lowest BCUT2D eigenvalue weighted by atomic mass is 10.0. The highest BCUT2D eigenvalue weighted by atomic mass is 79.9. The van der Waals surface area contributed by atoms with E-state index in [0.717, 1.165) is 33.6 Å². The van der Waals surface area contributed by atoms with Crippen molar-refractivity contribution in [3.05, 3.63) is 51.2 Å². The molecule has 0 fully saturated rings. The SMILES string of the molecule is CCCn1cc(C(NC)c2cc(Cl)cc(Br)c2)cn1. The van der Waals surface area contributed by atoms with Gasteiger partial charge in [-0.2, -0.15) is 5.10 Å². The number of hydrogen-bond donors (Lipinski definition) is 1. The third-order valence-corrected chi connectivity index (χ3v) is 3.62. The lowest BCUT2D eigenvalue weighted by Crippen LogP contribution is -2.17. The molecule has 1 aromatic carbocycles. The van der Waals surface area contributed by atoms with Crippen LogP contribution in [0.4, 0.5) is 0 Å². The number of aryl methyl sites for hydroxylation is 1. The van der Waals surface area contributed by atoms with E-state index in [4.69, 9.17) is 11.6 Å². The summed E-state index contributed by atoms with van der Waals surface area (Å²) >= 11 is 9.59. The second-order valence-corrected chi connectivity index (χ2v) is 5.81. The minimum Gasteiger partial charge on any atom is -0.309 e. The molecule has 1 atom stereocenters. The monoisotopic (exact) mass is 341 g/mol. The molecular formula is C14H17BrClN3. The van der Waals surface area contributed by atoms with Gasteiger partial charge in [0.25, 0.3) is 0 Å². The first-order valence-electron chi connectivity index (χ1n) is 6.29. The number of hydrogen-bond acceptors (Lipinski definition) is 2. The molecule has 0 radical (unpaired) electrons. The first-order chi connectivity index (χ1) is 9.13. The largest absolute Gasteiger partial charge is 0.309 e. The first kappa shape index (κ1) is 14.6. The number of halogens is 2. The van der Waals surface area contributed by atoms with Crippen molar-refractivity contribution in [2.75, 3.05) is 7.05 Å². The second-order valence-electron chi connectivity index (χ2n) is 4.46. The van der Waals surface area contributed by atoms with Gasteiger partial charge in [0, 0.05) is 27.8 Å². The molecule has 1 aromatic heterocycles. The van der Waals surface area contributed by atoms with Crippen LogP contribution in [0.15, 0.2) is 35.1 Å². The molecule has 1 unspecified atom stereocenters. The van der Waals surface area contributed by atoms with E-state index in [1.165, 1.54) is 0 Å². The van der Waals surface area contributed by atoms with Gasteiger partial charge in [0.1, 0.15) is 0 Å². The summed E-state index contributed by atoms with van der Waals surface area (Å²) in [5.41, 5.74) is 2.27. The predicted octanol–water partition coefficient (Wildman–Crippen LogP) is 4.02. The molecule has 1 N–H and O–H groups in total. The van der Waals surface area contributed by atoms with Gasteiger partial charge in [0.05, 0.1) is 12.2 Å². The Kier molecular flexibility index (Phi) is 5.02. The molecule has 0 aliphatic rings. The van der Waals surface area contributed by atoms with E-state index in [0.29, 0.717) is 0 Å². The molecule has 19 heavy (non-hydrogen) atoms. The van der Waals surface area contributed by atoms with E-state index >= 15 is 0 Å². The summed E-state index contributed by atoms with van der Waals surface area (Å²) in [6.45, 7) is 3.08. The molecule has 0 aliphatic carbocycles. The Morgan fingerprint density at radius 2 is 2.16 bits per heavy atom. The molecule has 0 saturated carbocycles. The van der Waals surface area contributed by atoms with Gasteiger partial charge >= 0.3 is 0 Å². The molecule has 0 bridgehead atoms. The Hall–Kier alpha value is -0.840.